The molecule has 0 unspecified atom stereocenters. The number of amides is 1. The lowest BCUT2D eigenvalue weighted by Gasteiger charge is -2.29. The molecule has 21 heavy (non-hydrogen) atoms. The first-order valence-electron chi connectivity index (χ1n) is 6.62. The molecule has 1 aromatic rings. The van der Waals surface area contributed by atoms with E-state index in [0.717, 1.165) is 6.07 Å². The first-order chi connectivity index (χ1) is 9.90. The highest BCUT2D eigenvalue weighted by molar-refractivity contribution is 7.89. The van der Waals surface area contributed by atoms with Gasteiger partial charge in [0.15, 0.2) is 0 Å². The van der Waals surface area contributed by atoms with E-state index in [0.29, 0.717) is 25.9 Å². The van der Waals surface area contributed by atoms with Crippen molar-refractivity contribution < 1.29 is 22.7 Å². The Balaban J connectivity index is 1.92. The molecule has 1 aliphatic heterocycles. The molecule has 1 fully saturated rings. The average Bonchev–Trinajstić information content (AvgIpc) is 2.46. The maximum atomic E-state index is 13.5. The summed E-state index contributed by atoms with van der Waals surface area (Å²) in [6.07, 6.45) is 0.221. The molecule has 2 rings (SSSR count). The van der Waals surface area contributed by atoms with Crippen molar-refractivity contribution in [2.75, 3.05) is 19.6 Å². The van der Waals surface area contributed by atoms with Gasteiger partial charge >= 0.3 is 6.09 Å². The van der Waals surface area contributed by atoms with Crippen LogP contribution in [0.1, 0.15) is 12.8 Å². The van der Waals surface area contributed by atoms with E-state index in [9.17, 15) is 17.6 Å². The van der Waals surface area contributed by atoms with Gasteiger partial charge < -0.3 is 10.0 Å². The summed E-state index contributed by atoms with van der Waals surface area (Å²) in [5.74, 6) is -0.729. The number of carboxylic acid groups (broad SMARTS) is 1. The van der Waals surface area contributed by atoms with Gasteiger partial charge in [-0.2, -0.15) is 0 Å². The molecule has 0 radical (unpaired) electrons. The Morgan fingerprint density at radius 3 is 2.52 bits per heavy atom. The molecule has 116 valence electrons. The normalized spacial score (nSPS) is 16.9. The minimum absolute atomic E-state index is 0.0575. The molecule has 2 N–H and O–H groups in total. The number of likely N-dealkylation sites (tertiary alicyclic amines) is 1. The number of carbonyl (C=O) groups is 1. The summed E-state index contributed by atoms with van der Waals surface area (Å²) in [6.45, 7) is 0.965. The second-order valence-corrected chi connectivity index (χ2v) is 6.73. The van der Waals surface area contributed by atoms with Crippen LogP contribution in [0.3, 0.4) is 0 Å². The Morgan fingerprint density at radius 2 is 1.95 bits per heavy atom. The maximum absolute atomic E-state index is 13.5. The predicted molar refractivity (Wildman–Crippen MR) is 73.9 cm³/mol. The van der Waals surface area contributed by atoms with Crippen LogP contribution in [-0.2, 0) is 10.0 Å². The van der Waals surface area contributed by atoms with E-state index in [2.05, 4.69) is 4.72 Å². The highest BCUT2D eigenvalue weighted by Crippen LogP contribution is 2.18. The third-order valence-corrected chi connectivity index (χ3v) is 5.03. The number of nitrogens with one attached hydrogen (secondary N) is 1. The molecule has 0 aliphatic carbocycles. The van der Waals surface area contributed by atoms with Gasteiger partial charge in [-0.3, -0.25) is 0 Å². The zero-order chi connectivity index (χ0) is 15.5. The van der Waals surface area contributed by atoms with Crippen LogP contribution in [-0.4, -0.2) is 44.2 Å². The predicted octanol–water partition coefficient (Wildman–Crippen LogP) is 1.49. The standard InChI is InChI=1S/C13H17FN2O4S/c14-11-3-1-2-4-12(11)21(19,20)15-9-10-5-7-16(8-6-10)13(17)18/h1-4,10,15H,5-9H2,(H,17,18). The minimum atomic E-state index is -3.88. The second-order valence-electron chi connectivity index (χ2n) is 5.00. The van der Waals surface area contributed by atoms with Crippen molar-refractivity contribution >= 4 is 16.1 Å². The van der Waals surface area contributed by atoms with Crippen molar-refractivity contribution in [3.63, 3.8) is 0 Å². The van der Waals surface area contributed by atoms with Gasteiger partial charge in [-0.1, -0.05) is 12.1 Å². The molecule has 6 nitrogen and oxygen atoms in total. The fraction of sp³-hybridized carbons (Fsp3) is 0.462. The van der Waals surface area contributed by atoms with Crippen LogP contribution in [0.15, 0.2) is 29.2 Å². The average molecular weight is 316 g/mol. The topological polar surface area (TPSA) is 86.7 Å². The fourth-order valence-electron chi connectivity index (χ4n) is 2.30. The monoisotopic (exact) mass is 316 g/mol. The van der Waals surface area contributed by atoms with Crippen LogP contribution < -0.4 is 4.72 Å². The SMILES string of the molecule is O=C(O)N1CCC(CNS(=O)(=O)c2ccccc2F)CC1. The van der Waals surface area contributed by atoms with Gasteiger partial charge in [0.2, 0.25) is 10.0 Å². The van der Waals surface area contributed by atoms with Crippen LogP contribution in [0.5, 0.6) is 0 Å². The van der Waals surface area contributed by atoms with Crippen LogP contribution in [0.25, 0.3) is 0 Å². The molecule has 1 amide bonds. The summed E-state index contributed by atoms with van der Waals surface area (Å²) in [5.41, 5.74) is 0. The lowest BCUT2D eigenvalue weighted by molar-refractivity contribution is 0.125. The zero-order valence-electron chi connectivity index (χ0n) is 11.3. The summed E-state index contributed by atoms with van der Waals surface area (Å²) >= 11 is 0. The molecule has 1 aliphatic rings. The molecular weight excluding hydrogens is 299 g/mol. The van der Waals surface area contributed by atoms with E-state index in [-0.39, 0.29) is 17.4 Å². The second kappa shape index (κ2) is 6.40. The molecule has 1 heterocycles. The number of piperidine rings is 1. The van der Waals surface area contributed by atoms with Crippen molar-refractivity contribution in [1.82, 2.24) is 9.62 Å². The Bertz CT molecular complexity index is 612. The van der Waals surface area contributed by atoms with E-state index in [4.69, 9.17) is 5.11 Å². The maximum Gasteiger partial charge on any atom is 0.407 e. The van der Waals surface area contributed by atoms with E-state index >= 15 is 0 Å². The number of hydrogen-bond acceptors (Lipinski definition) is 3. The van der Waals surface area contributed by atoms with Crippen LogP contribution in [0, 0.1) is 11.7 Å². The number of rotatable bonds is 4. The number of nitrogens with zero attached hydrogens (tertiary/aromatic N) is 1. The van der Waals surface area contributed by atoms with Gasteiger partial charge in [0.05, 0.1) is 0 Å². The highest BCUT2D eigenvalue weighted by Gasteiger charge is 2.25. The molecule has 1 saturated heterocycles. The third kappa shape index (κ3) is 3.92. The van der Waals surface area contributed by atoms with Crippen molar-refractivity contribution in [3.05, 3.63) is 30.1 Å². The molecule has 0 saturated carbocycles. The Kier molecular flexibility index (Phi) is 4.79. The highest BCUT2D eigenvalue weighted by atomic mass is 32.2. The minimum Gasteiger partial charge on any atom is -0.465 e. The summed E-state index contributed by atoms with van der Waals surface area (Å²) in [4.78, 5) is 11.7. The van der Waals surface area contributed by atoms with Gasteiger partial charge in [-0.05, 0) is 30.9 Å². The first kappa shape index (κ1) is 15.7. The smallest absolute Gasteiger partial charge is 0.407 e. The van der Waals surface area contributed by atoms with Crippen LogP contribution in [0.4, 0.5) is 9.18 Å². The largest absolute Gasteiger partial charge is 0.465 e. The molecule has 1 aromatic carbocycles. The van der Waals surface area contributed by atoms with E-state index in [1.165, 1.54) is 23.1 Å². The number of benzene rings is 1. The number of sulfonamides is 1. The summed E-state index contributed by atoms with van der Waals surface area (Å²) in [6, 6.07) is 5.20. The van der Waals surface area contributed by atoms with Gasteiger partial charge in [-0.25, -0.2) is 22.3 Å². The van der Waals surface area contributed by atoms with E-state index in [1.807, 2.05) is 0 Å². The fourth-order valence-corrected chi connectivity index (χ4v) is 3.49. The van der Waals surface area contributed by atoms with Gasteiger partial charge in [0.1, 0.15) is 10.7 Å². The molecule has 0 spiro atoms. The van der Waals surface area contributed by atoms with Gasteiger partial charge in [0.25, 0.3) is 0 Å². The summed E-state index contributed by atoms with van der Waals surface area (Å²) < 4.78 is 39.9. The quantitative estimate of drug-likeness (QED) is 0.881. The van der Waals surface area contributed by atoms with Gasteiger partial charge in [-0.15, -0.1) is 0 Å². The van der Waals surface area contributed by atoms with Crippen LogP contribution >= 0.6 is 0 Å². The summed E-state index contributed by atoms with van der Waals surface area (Å²) in [7, 11) is -3.88. The third-order valence-electron chi connectivity index (χ3n) is 3.57. The molecule has 0 atom stereocenters. The Hall–Kier alpha value is -1.67. The Labute approximate surface area is 122 Å². The van der Waals surface area contributed by atoms with E-state index < -0.39 is 21.9 Å². The number of halogens is 1. The van der Waals surface area contributed by atoms with Crippen molar-refractivity contribution in [2.45, 2.75) is 17.7 Å². The van der Waals surface area contributed by atoms with Crippen molar-refractivity contribution in [1.29, 1.82) is 0 Å². The summed E-state index contributed by atoms with van der Waals surface area (Å²) in [5, 5.41) is 8.84. The first-order valence-corrected chi connectivity index (χ1v) is 8.10. The van der Waals surface area contributed by atoms with Crippen molar-refractivity contribution in [3.8, 4) is 0 Å². The van der Waals surface area contributed by atoms with Gasteiger partial charge in [0, 0.05) is 19.6 Å². The molecule has 0 aromatic heterocycles. The number of hydrogen-bond donors (Lipinski definition) is 2. The van der Waals surface area contributed by atoms with E-state index in [1.54, 1.807) is 0 Å². The molecule has 8 heteroatoms. The molecular formula is C13H17FN2O4S. The zero-order valence-corrected chi connectivity index (χ0v) is 12.1. The lowest BCUT2D eigenvalue weighted by Crippen LogP contribution is -2.41. The molecule has 0 bridgehead atoms. The van der Waals surface area contributed by atoms with Crippen LogP contribution in [0.2, 0.25) is 0 Å². The lowest BCUT2D eigenvalue weighted by atomic mass is 9.97. The van der Waals surface area contributed by atoms with Crippen molar-refractivity contribution in [2.24, 2.45) is 5.92 Å². The Morgan fingerprint density at radius 1 is 1.33 bits per heavy atom.